The molecule has 20 heavy (non-hydrogen) atoms. The monoisotopic (exact) mass is 293 g/mol. The fraction of sp³-hybridized carbons (Fsp3) is 0.571. The minimum Gasteiger partial charge on any atom is -0.396 e. The predicted octanol–water partition coefficient (Wildman–Crippen LogP) is 4.06. The Morgan fingerprint density at radius 2 is 1.85 bits per heavy atom. The molecule has 1 aromatic rings. The van der Waals surface area contributed by atoms with Gasteiger partial charge in [0.15, 0.2) is 0 Å². The van der Waals surface area contributed by atoms with Gasteiger partial charge in [0.1, 0.15) is 5.82 Å². The Bertz CT molecular complexity index is 443. The molecule has 0 amide bonds. The average molecular weight is 293 g/mol. The van der Waals surface area contributed by atoms with E-state index in [9.17, 15) is 17.6 Å². The van der Waals surface area contributed by atoms with Gasteiger partial charge in [-0.05, 0) is 36.5 Å². The number of benzene rings is 1. The van der Waals surface area contributed by atoms with Gasteiger partial charge in [0.25, 0.3) is 0 Å². The minimum absolute atomic E-state index is 0.0510. The van der Waals surface area contributed by atoms with Crippen molar-refractivity contribution in [1.29, 1.82) is 0 Å². The van der Waals surface area contributed by atoms with Gasteiger partial charge in [0, 0.05) is 13.2 Å². The van der Waals surface area contributed by atoms with E-state index < -0.39 is 17.6 Å². The largest absolute Gasteiger partial charge is 0.416 e. The van der Waals surface area contributed by atoms with E-state index in [4.69, 9.17) is 5.11 Å². The van der Waals surface area contributed by atoms with Crippen molar-refractivity contribution in [3.05, 3.63) is 29.6 Å². The molecule has 1 rings (SSSR count). The normalized spacial score (nSPS) is 12.6. The lowest BCUT2D eigenvalue weighted by molar-refractivity contribution is -0.137. The Hall–Kier alpha value is -1.30. The van der Waals surface area contributed by atoms with E-state index in [0.29, 0.717) is 19.0 Å². The minimum atomic E-state index is -4.54. The molecule has 1 aromatic carbocycles. The second-order valence-corrected chi connectivity index (χ2v) is 5.54. The summed E-state index contributed by atoms with van der Waals surface area (Å²) >= 11 is 0. The summed E-state index contributed by atoms with van der Waals surface area (Å²) in [5.74, 6) is -0.919. The molecule has 0 spiro atoms. The van der Waals surface area contributed by atoms with Gasteiger partial charge >= 0.3 is 6.18 Å². The molecular formula is C14H19F4NO. The average Bonchev–Trinajstić information content (AvgIpc) is 2.34. The summed E-state index contributed by atoms with van der Waals surface area (Å²) in [6.07, 6.45) is -3.18. The third kappa shape index (κ3) is 5.00. The van der Waals surface area contributed by atoms with Gasteiger partial charge < -0.3 is 10.4 Å². The standard InChI is InChI=1S/C14H19F4NO/c1-13(2,6-3-7-20)9-19-12-5-4-10(8-11(12)15)14(16,17)18/h4-5,8,19-20H,3,6-7,9H2,1-2H3. The molecule has 0 radical (unpaired) electrons. The third-order valence-electron chi connectivity index (χ3n) is 3.07. The Morgan fingerprint density at radius 1 is 1.20 bits per heavy atom. The van der Waals surface area contributed by atoms with Gasteiger partial charge in [-0.3, -0.25) is 0 Å². The van der Waals surface area contributed by atoms with Crippen molar-refractivity contribution in [2.75, 3.05) is 18.5 Å². The molecule has 0 saturated heterocycles. The van der Waals surface area contributed by atoms with Gasteiger partial charge in [0.2, 0.25) is 0 Å². The highest BCUT2D eigenvalue weighted by atomic mass is 19.4. The van der Waals surface area contributed by atoms with Crippen molar-refractivity contribution in [1.82, 2.24) is 0 Å². The lowest BCUT2D eigenvalue weighted by Crippen LogP contribution is -2.24. The van der Waals surface area contributed by atoms with Gasteiger partial charge in [-0.2, -0.15) is 13.2 Å². The smallest absolute Gasteiger partial charge is 0.396 e. The van der Waals surface area contributed by atoms with E-state index >= 15 is 0 Å². The summed E-state index contributed by atoms with van der Waals surface area (Å²) in [5.41, 5.74) is -1.13. The van der Waals surface area contributed by atoms with Gasteiger partial charge in [-0.15, -0.1) is 0 Å². The van der Waals surface area contributed by atoms with Crippen LogP contribution in [0.2, 0.25) is 0 Å². The van der Waals surface area contributed by atoms with Crippen molar-refractivity contribution in [2.45, 2.75) is 32.9 Å². The molecule has 0 aliphatic heterocycles. The van der Waals surface area contributed by atoms with Crippen molar-refractivity contribution < 1.29 is 22.7 Å². The molecule has 0 aliphatic carbocycles. The first-order valence-corrected chi connectivity index (χ1v) is 6.37. The molecular weight excluding hydrogens is 274 g/mol. The summed E-state index contributed by atoms with van der Waals surface area (Å²) < 4.78 is 50.8. The van der Waals surface area contributed by atoms with E-state index in [0.717, 1.165) is 18.6 Å². The molecule has 0 saturated carbocycles. The van der Waals surface area contributed by atoms with Crippen LogP contribution in [-0.2, 0) is 6.18 Å². The van der Waals surface area contributed by atoms with E-state index in [1.165, 1.54) is 0 Å². The molecule has 0 atom stereocenters. The van der Waals surface area contributed by atoms with Crippen LogP contribution in [0.5, 0.6) is 0 Å². The van der Waals surface area contributed by atoms with Crippen molar-refractivity contribution in [3.63, 3.8) is 0 Å². The summed E-state index contributed by atoms with van der Waals surface area (Å²) in [6.45, 7) is 4.38. The first kappa shape index (κ1) is 16.8. The Balaban J connectivity index is 2.70. The van der Waals surface area contributed by atoms with Crippen LogP contribution >= 0.6 is 0 Å². The molecule has 6 heteroatoms. The van der Waals surface area contributed by atoms with Crippen LogP contribution in [0.25, 0.3) is 0 Å². The first-order chi connectivity index (χ1) is 9.15. The summed E-state index contributed by atoms with van der Waals surface area (Å²) in [5, 5.41) is 11.6. The topological polar surface area (TPSA) is 32.3 Å². The Labute approximate surface area is 115 Å². The lowest BCUT2D eigenvalue weighted by Gasteiger charge is -2.25. The number of aliphatic hydroxyl groups excluding tert-OH is 1. The van der Waals surface area contributed by atoms with Crippen molar-refractivity contribution in [2.24, 2.45) is 5.41 Å². The quantitative estimate of drug-likeness (QED) is 0.775. The van der Waals surface area contributed by atoms with Crippen molar-refractivity contribution >= 4 is 5.69 Å². The highest BCUT2D eigenvalue weighted by molar-refractivity contribution is 5.47. The van der Waals surface area contributed by atoms with Gasteiger partial charge in [-0.1, -0.05) is 13.8 Å². The van der Waals surface area contributed by atoms with E-state index in [1.54, 1.807) is 0 Å². The lowest BCUT2D eigenvalue weighted by atomic mass is 9.88. The molecule has 0 aliphatic rings. The van der Waals surface area contributed by atoms with Crippen molar-refractivity contribution in [3.8, 4) is 0 Å². The number of aliphatic hydroxyl groups is 1. The molecule has 0 unspecified atom stereocenters. The van der Waals surface area contributed by atoms with Crippen LogP contribution < -0.4 is 5.32 Å². The highest BCUT2D eigenvalue weighted by Crippen LogP contribution is 2.31. The molecule has 0 bridgehead atoms. The van der Waals surface area contributed by atoms with E-state index in [-0.39, 0.29) is 17.7 Å². The molecule has 0 fully saturated rings. The third-order valence-corrected chi connectivity index (χ3v) is 3.07. The summed E-state index contributed by atoms with van der Waals surface area (Å²) in [4.78, 5) is 0. The number of alkyl halides is 3. The second-order valence-electron chi connectivity index (χ2n) is 5.54. The summed E-state index contributed by atoms with van der Waals surface area (Å²) in [6, 6.07) is 2.44. The number of nitrogens with one attached hydrogen (secondary N) is 1. The highest BCUT2D eigenvalue weighted by Gasteiger charge is 2.31. The molecule has 2 N–H and O–H groups in total. The number of rotatable bonds is 6. The summed E-state index contributed by atoms with van der Waals surface area (Å²) in [7, 11) is 0. The van der Waals surface area contributed by atoms with E-state index in [1.807, 2.05) is 13.8 Å². The maximum atomic E-state index is 13.6. The number of halogens is 4. The maximum absolute atomic E-state index is 13.6. The Kier molecular flexibility index (Phi) is 5.39. The molecule has 0 heterocycles. The maximum Gasteiger partial charge on any atom is 0.416 e. The SMILES string of the molecule is CC(C)(CCCO)CNc1ccc(C(F)(F)F)cc1F. The van der Waals surface area contributed by atoms with Crippen LogP contribution in [0.3, 0.4) is 0 Å². The zero-order valence-electron chi connectivity index (χ0n) is 11.5. The van der Waals surface area contributed by atoms with E-state index in [2.05, 4.69) is 5.32 Å². The Morgan fingerprint density at radius 3 is 2.35 bits per heavy atom. The number of hydrogen-bond acceptors (Lipinski definition) is 2. The zero-order valence-corrected chi connectivity index (χ0v) is 11.5. The molecule has 2 nitrogen and oxygen atoms in total. The molecule has 114 valence electrons. The fourth-order valence-corrected chi connectivity index (χ4v) is 1.82. The van der Waals surface area contributed by atoms with Gasteiger partial charge in [0.05, 0.1) is 11.3 Å². The number of hydrogen-bond donors (Lipinski definition) is 2. The molecule has 0 aromatic heterocycles. The van der Waals surface area contributed by atoms with Crippen LogP contribution in [0, 0.1) is 11.2 Å². The van der Waals surface area contributed by atoms with Crippen LogP contribution in [0.1, 0.15) is 32.3 Å². The second kappa shape index (κ2) is 6.43. The zero-order chi connectivity index (χ0) is 15.4. The van der Waals surface area contributed by atoms with Gasteiger partial charge in [-0.25, -0.2) is 4.39 Å². The number of anilines is 1. The predicted molar refractivity (Wildman–Crippen MR) is 70.0 cm³/mol. The van der Waals surface area contributed by atoms with Crippen LogP contribution in [0.15, 0.2) is 18.2 Å². The first-order valence-electron chi connectivity index (χ1n) is 6.37. The fourth-order valence-electron chi connectivity index (χ4n) is 1.82. The van der Waals surface area contributed by atoms with Crippen LogP contribution in [0.4, 0.5) is 23.2 Å². The van der Waals surface area contributed by atoms with Crippen LogP contribution in [-0.4, -0.2) is 18.3 Å².